The van der Waals surface area contributed by atoms with Gasteiger partial charge in [-0.3, -0.25) is 4.79 Å². The number of aromatic nitrogens is 2. The number of benzene rings is 1. The zero-order valence-corrected chi connectivity index (χ0v) is 14.1. The van der Waals surface area contributed by atoms with Crippen LogP contribution in [0.25, 0.3) is 20.7 Å². The molecule has 0 bridgehead atoms. The van der Waals surface area contributed by atoms with Crippen LogP contribution in [0.1, 0.15) is 13.3 Å². The summed E-state index contributed by atoms with van der Waals surface area (Å²) in [4.78, 5) is 22.7. The van der Waals surface area contributed by atoms with Crippen LogP contribution in [0.3, 0.4) is 0 Å². The number of thiophene rings is 1. The number of thioether (sulfide) groups is 1. The van der Waals surface area contributed by atoms with Crippen LogP contribution in [0.4, 0.5) is 0 Å². The Kier molecular flexibility index (Phi) is 3.79. The molecule has 0 aliphatic carbocycles. The second kappa shape index (κ2) is 5.94. The van der Waals surface area contributed by atoms with Gasteiger partial charge in [-0.2, -0.15) is 0 Å². The standard InChI is InChI=1S/C17H14N2O2S2/c1-10-7-14(17(20)21-10)23-16-12-8-13(11-5-3-2-4-6-11)22-15(12)18-9-19-16/h2-6,8-10,14H,7H2,1H3/t10-,14+/m1/s1. The summed E-state index contributed by atoms with van der Waals surface area (Å²) in [7, 11) is 0. The van der Waals surface area contributed by atoms with E-state index in [4.69, 9.17) is 4.74 Å². The van der Waals surface area contributed by atoms with Gasteiger partial charge in [0.05, 0.1) is 0 Å². The molecule has 0 saturated carbocycles. The third-order valence-corrected chi connectivity index (χ3v) is 6.04. The zero-order chi connectivity index (χ0) is 15.8. The Labute approximate surface area is 141 Å². The van der Waals surface area contributed by atoms with Crippen molar-refractivity contribution in [1.29, 1.82) is 0 Å². The molecule has 23 heavy (non-hydrogen) atoms. The molecule has 1 aliphatic rings. The molecule has 1 aliphatic heterocycles. The normalized spacial score (nSPS) is 20.8. The summed E-state index contributed by atoms with van der Waals surface area (Å²) in [5, 5.41) is 1.68. The van der Waals surface area contributed by atoms with Crippen molar-refractivity contribution in [3.63, 3.8) is 0 Å². The van der Waals surface area contributed by atoms with Gasteiger partial charge in [-0.15, -0.1) is 11.3 Å². The highest BCUT2D eigenvalue weighted by Gasteiger charge is 2.33. The fourth-order valence-electron chi connectivity index (χ4n) is 2.62. The first-order valence-corrected chi connectivity index (χ1v) is 9.07. The highest BCUT2D eigenvalue weighted by Crippen LogP contribution is 2.39. The first-order valence-electron chi connectivity index (χ1n) is 7.38. The van der Waals surface area contributed by atoms with Crippen molar-refractivity contribution in [3.05, 3.63) is 42.7 Å². The average Bonchev–Trinajstić information content (AvgIpc) is 3.12. The van der Waals surface area contributed by atoms with Crippen molar-refractivity contribution in [1.82, 2.24) is 9.97 Å². The Morgan fingerprint density at radius 2 is 2.09 bits per heavy atom. The second-order valence-electron chi connectivity index (χ2n) is 5.46. The molecule has 1 fully saturated rings. The molecule has 0 N–H and O–H groups in total. The summed E-state index contributed by atoms with van der Waals surface area (Å²) >= 11 is 3.13. The molecular weight excluding hydrogens is 328 g/mol. The number of hydrogen-bond donors (Lipinski definition) is 0. The highest BCUT2D eigenvalue weighted by atomic mass is 32.2. The lowest BCUT2D eigenvalue weighted by Crippen LogP contribution is -2.09. The Morgan fingerprint density at radius 3 is 2.83 bits per heavy atom. The van der Waals surface area contributed by atoms with E-state index in [1.165, 1.54) is 17.3 Å². The van der Waals surface area contributed by atoms with Gasteiger partial charge >= 0.3 is 5.97 Å². The van der Waals surface area contributed by atoms with Gasteiger partial charge in [0.1, 0.15) is 27.5 Å². The minimum Gasteiger partial charge on any atom is -0.462 e. The third-order valence-electron chi connectivity index (χ3n) is 3.73. The van der Waals surface area contributed by atoms with E-state index in [0.717, 1.165) is 26.5 Å². The van der Waals surface area contributed by atoms with Gasteiger partial charge in [0, 0.05) is 16.7 Å². The predicted molar refractivity (Wildman–Crippen MR) is 92.7 cm³/mol. The first kappa shape index (κ1) is 14.7. The number of carbonyl (C=O) groups is 1. The van der Waals surface area contributed by atoms with E-state index < -0.39 is 0 Å². The van der Waals surface area contributed by atoms with E-state index in [2.05, 4.69) is 28.2 Å². The van der Waals surface area contributed by atoms with E-state index >= 15 is 0 Å². The van der Waals surface area contributed by atoms with E-state index in [1.807, 2.05) is 25.1 Å². The van der Waals surface area contributed by atoms with E-state index in [0.29, 0.717) is 0 Å². The summed E-state index contributed by atoms with van der Waals surface area (Å²) in [5.41, 5.74) is 1.17. The SMILES string of the molecule is C[C@@H]1C[C@H](Sc2ncnc3sc(-c4ccccc4)cc23)C(=O)O1. The molecule has 1 aromatic carbocycles. The van der Waals surface area contributed by atoms with Gasteiger partial charge in [0.15, 0.2) is 0 Å². The summed E-state index contributed by atoms with van der Waals surface area (Å²) < 4.78 is 5.23. The number of ether oxygens (including phenoxy) is 1. The van der Waals surface area contributed by atoms with Gasteiger partial charge < -0.3 is 4.74 Å². The second-order valence-corrected chi connectivity index (χ2v) is 7.69. The van der Waals surface area contributed by atoms with Crippen LogP contribution in [0.2, 0.25) is 0 Å². The molecule has 3 heterocycles. The van der Waals surface area contributed by atoms with Crippen molar-refractivity contribution in [2.45, 2.75) is 29.7 Å². The molecule has 4 rings (SSSR count). The largest absolute Gasteiger partial charge is 0.462 e. The number of hydrogen-bond acceptors (Lipinski definition) is 6. The monoisotopic (exact) mass is 342 g/mol. The summed E-state index contributed by atoms with van der Waals surface area (Å²) in [6, 6.07) is 12.3. The molecule has 6 heteroatoms. The Balaban J connectivity index is 1.71. The number of carbonyl (C=O) groups excluding carboxylic acids is 1. The molecule has 3 aromatic rings. The minimum absolute atomic E-state index is 0.0142. The van der Waals surface area contributed by atoms with Crippen molar-refractivity contribution in [2.75, 3.05) is 0 Å². The summed E-state index contributed by atoms with van der Waals surface area (Å²) in [5.74, 6) is -0.146. The number of esters is 1. The van der Waals surface area contributed by atoms with Gasteiger partial charge in [0.25, 0.3) is 0 Å². The quantitative estimate of drug-likeness (QED) is 0.528. The summed E-state index contributed by atoms with van der Waals surface area (Å²) in [6.45, 7) is 1.92. The number of fused-ring (bicyclic) bond motifs is 1. The van der Waals surface area contributed by atoms with Crippen LogP contribution in [0, 0.1) is 0 Å². The van der Waals surface area contributed by atoms with Crippen molar-refractivity contribution in [2.24, 2.45) is 0 Å². The Morgan fingerprint density at radius 1 is 1.26 bits per heavy atom. The smallest absolute Gasteiger partial charge is 0.319 e. The molecule has 4 nitrogen and oxygen atoms in total. The van der Waals surface area contributed by atoms with Crippen LogP contribution < -0.4 is 0 Å². The van der Waals surface area contributed by atoms with Crippen molar-refractivity contribution >= 4 is 39.3 Å². The molecule has 116 valence electrons. The fraction of sp³-hybridized carbons (Fsp3) is 0.235. The number of rotatable bonds is 3. The third kappa shape index (κ3) is 2.84. The summed E-state index contributed by atoms with van der Waals surface area (Å²) in [6.07, 6.45) is 2.28. The molecule has 0 amide bonds. The predicted octanol–water partition coefficient (Wildman–Crippen LogP) is 4.15. The van der Waals surface area contributed by atoms with Crippen LogP contribution >= 0.6 is 23.1 Å². The minimum atomic E-state index is -0.178. The van der Waals surface area contributed by atoms with E-state index in [1.54, 1.807) is 17.7 Å². The van der Waals surface area contributed by atoms with E-state index in [-0.39, 0.29) is 17.3 Å². The van der Waals surface area contributed by atoms with Crippen LogP contribution in [0.15, 0.2) is 47.8 Å². The fourth-order valence-corrected chi connectivity index (χ4v) is 4.87. The molecular formula is C17H14N2O2S2. The van der Waals surface area contributed by atoms with Crippen LogP contribution in [-0.4, -0.2) is 27.3 Å². The van der Waals surface area contributed by atoms with Gasteiger partial charge in [-0.05, 0) is 18.6 Å². The van der Waals surface area contributed by atoms with Gasteiger partial charge in [0.2, 0.25) is 0 Å². The maximum atomic E-state index is 11.9. The maximum absolute atomic E-state index is 11.9. The van der Waals surface area contributed by atoms with Gasteiger partial charge in [-0.1, -0.05) is 42.1 Å². The molecule has 0 radical (unpaired) electrons. The molecule has 1 saturated heterocycles. The average molecular weight is 342 g/mol. The van der Waals surface area contributed by atoms with Crippen LogP contribution in [0.5, 0.6) is 0 Å². The first-order chi connectivity index (χ1) is 11.2. The molecule has 0 unspecified atom stereocenters. The Bertz CT molecular complexity index is 863. The van der Waals surface area contributed by atoms with Crippen molar-refractivity contribution in [3.8, 4) is 10.4 Å². The van der Waals surface area contributed by atoms with Gasteiger partial charge in [-0.25, -0.2) is 9.97 Å². The molecule has 2 atom stereocenters. The zero-order valence-electron chi connectivity index (χ0n) is 12.4. The lowest BCUT2D eigenvalue weighted by atomic mass is 10.2. The lowest BCUT2D eigenvalue weighted by molar-refractivity contribution is -0.140. The molecule has 2 aromatic heterocycles. The Hall–Kier alpha value is -1.92. The van der Waals surface area contributed by atoms with Crippen molar-refractivity contribution < 1.29 is 9.53 Å². The van der Waals surface area contributed by atoms with Crippen LogP contribution in [-0.2, 0) is 9.53 Å². The molecule has 0 spiro atoms. The highest BCUT2D eigenvalue weighted by molar-refractivity contribution is 8.00. The number of cyclic esters (lactones) is 1. The van der Waals surface area contributed by atoms with E-state index in [9.17, 15) is 4.79 Å². The topological polar surface area (TPSA) is 52.1 Å². The lowest BCUT2D eigenvalue weighted by Gasteiger charge is -2.04. The maximum Gasteiger partial charge on any atom is 0.319 e. The number of nitrogens with zero attached hydrogens (tertiary/aromatic N) is 2.